The van der Waals surface area contributed by atoms with Crippen molar-refractivity contribution >= 4 is 0 Å². The molecule has 0 saturated heterocycles. The Morgan fingerprint density at radius 3 is 2.68 bits per heavy atom. The zero-order valence-electron chi connectivity index (χ0n) is 15.2. The molecule has 0 aromatic heterocycles. The molecule has 1 heterocycles. The lowest BCUT2D eigenvalue weighted by Gasteiger charge is -2.11. The van der Waals surface area contributed by atoms with E-state index in [1.165, 1.54) is 0 Å². The lowest BCUT2D eigenvalue weighted by Crippen LogP contribution is -2.08. The van der Waals surface area contributed by atoms with Gasteiger partial charge in [0.2, 0.25) is 6.79 Å². The summed E-state index contributed by atoms with van der Waals surface area (Å²) in [6.45, 7) is 8.95. The summed E-state index contributed by atoms with van der Waals surface area (Å²) in [6.07, 6.45) is 7.34. The van der Waals surface area contributed by atoms with Crippen LogP contribution in [0.4, 0.5) is 0 Å². The van der Waals surface area contributed by atoms with E-state index in [9.17, 15) is 0 Å². The summed E-state index contributed by atoms with van der Waals surface area (Å²) < 4.78 is 27.5. The summed E-state index contributed by atoms with van der Waals surface area (Å²) in [7, 11) is 0. The molecule has 25 heavy (non-hydrogen) atoms. The van der Waals surface area contributed by atoms with Crippen molar-refractivity contribution < 1.29 is 23.7 Å². The summed E-state index contributed by atoms with van der Waals surface area (Å²) >= 11 is 0. The number of rotatable bonds is 14. The highest BCUT2D eigenvalue weighted by molar-refractivity contribution is 5.46. The van der Waals surface area contributed by atoms with Gasteiger partial charge in [0.1, 0.15) is 5.75 Å². The minimum absolute atomic E-state index is 0.289. The third kappa shape index (κ3) is 7.80. The largest absolute Gasteiger partial charge is 0.493 e. The van der Waals surface area contributed by atoms with Crippen molar-refractivity contribution in [2.75, 3.05) is 33.2 Å². The van der Waals surface area contributed by atoms with E-state index in [1.807, 2.05) is 18.2 Å². The van der Waals surface area contributed by atoms with Crippen LogP contribution in [0.5, 0.6) is 17.2 Å². The average molecular weight is 350 g/mol. The Morgan fingerprint density at radius 2 is 1.84 bits per heavy atom. The summed E-state index contributed by atoms with van der Waals surface area (Å²) in [4.78, 5) is 0. The highest BCUT2D eigenvalue weighted by atomic mass is 16.7. The summed E-state index contributed by atoms with van der Waals surface area (Å²) in [5.74, 6) is 2.35. The molecule has 0 spiro atoms. The zero-order chi connectivity index (χ0) is 17.7. The van der Waals surface area contributed by atoms with Gasteiger partial charge in [-0.25, -0.2) is 0 Å². The molecule has 0 radical (unpaired) electrons. The Hall–Kier alpha value is -1.72. The number of unbranched alkanes of at least 4 members (excludes halogenated alkanes) is 2. The van der Waals surface area contributed by atoms with Gasteiger partial charge in [-0.2, -0.15) is 0 Å². The molecule has 0 N–H and O–H groups in total. The van der Waals surface area contributed by atoms with Gasteiger partial charge in [-0.15, -0.1) is 6.58 Å². The molecule has 1 atom stereocenters. The van der Waals surface area contributed by atoms with Crippen molar-refractivity contribution in [2.24, 2.45) is 0 Å². The molecule has 1 unspecified atom stereocenters. The van der Waals surface area contributed by atoms with Crippen LogP contribution < -0.4 is 14.2 Å². The average Bonchev–Trinajstić information content (AvgIpc) is 3.09. The van der Waals surface area contributed by atoms with Gasteiger partial charge < -0.3 is 23.7 Å². The Labute approximate surface area is 150 Å². The molecular weight excluding hydrogens is 320 g/mol. The predicted molar refractivity (Wildman–Crippen MR) is 97.6 cm³/mol. The van der Waals surface area contributed by atoms with E-state index in [1.54, 1.807) is 6.08 Å². The van der Waals surface area contributed by atoms with Crippen LogP contribution in [-0.4, -0.2) is 39.3 Å². The second kappa shape index (κ2) is 11.8. The van der Waals surface area contributed by atoms with Crippen LogP contribution in [0.1, 0.15) is 39.0 Å². The van der Waals surface area contributed by atoms with Crippen molar-refractivity contribution in [2.45, 2.75) is 45.1 Å². The van der Waals surface area contributed by atoms with Crippen molar-refractivity contribution in [3.8, 4) is 17.2 Å². The molecule has 1 aliphatic heterocycles. The van der Waals surface area contributed by atoms with E-state index in [4.69, 9.17) is 23.7 Å². The second-order valence-electron chi connectivity index (χ2n) is 6.11. The SMILES string of the molecule is C=CCOC(C)CCCCOCCCCOc1ccc2c(c1)OCO2. The number of ether oxygens (including phenoxy) is 5. The standard InChI is InChI=1S/C20H30O5/c1-3-11-22-17(2)8-4-5-12-21-13-6-7-14-23-18-9-10-19-20(15-18)25-16-24-19/h3,9-10,15,17H,1,4-8,11-14,16H2,2H3. The lowest BCUT2D eigenvalue weighted by molar-refractivity contribution is 0.0747. The van der Waals surface area contributed by atoms with Crippen molar-refractivity contribution in [1.29, 1.82) is 0 Å². The van der Waals surface area contributed by atoms with E-state index < -0.39 is 0 Å². The fraction of sp³-hybridized carbons (Fsp3) is 0.600. The number of benzene rings is 1. The van der Waals surface area contributed by atoms with Crippen LogP contribution >= 0.6 is 0 Å². The quantitative estimate of drug-likeness (QED) is 0.369. The summed E-state index contributed by atoms with van der Waals surface area (Å²) in [5, 5.41) is 0. The maximum atomic E-state index is 5.72. The van der Waals surface area contributed by atoms with Gasteiger partial charge in [-0.05, 0) is 51.2 Å². The van der Waals surface area contributed by atoms with Crippen LogP contribution in [0, 0.1) is 0 Å². The molecule has 0 amide bonds. The van der Waals surface area contributed by atoms with Crippen molar-refractivity contribution in [1.82, 2.24) is 0 Å². The Balaban J connectivity index is 1.39. The third-order valence-electron chi connectivity index (χ3n) is 3.94. The molecule has 0 aliphatic carbocycles. The van der Waals surface area contributed by atoms with E-state index in [-0.39, 0.29) is 6.79 Å². The number of hydrogen-bond donors (Lipinski definition) is 0. The Bertz CT molecular complexity index is 503. The molecule has 2 rings (SSSR count). The molecule has 0 bridgehead atoms. The minimum atomic E-state index is 0.289. The number of fused-ring (bicyclic) bond motifs is 1. The Morgan fingerprint density at radius 1 is 1.08 bits per heavy atom. The predicted octanol–water partition coefficient (Wildman–Crippen LogP) is 4.35. The molecule has 0 fully saturated rings. The van der Waals surface area contributed by atoms with Gasteiger partial charge in [-0.3, -0.25) is 0 Å². The van der Waals surface area contributed by atoms with Gasteiger partial charge in [0.05, 0.1) is 19.3 Å². The smallest absolute Gasteiger partial charge is 0.231 e. The molecule has 140 valence electrons. The third-order valence-corrected chi connectivity index (χ3v) is 3.94. The highest BCUT2D eigenvalue weighted by Gasteiger charge is 2.13. The molecule has 1 aliphatic rings. The van der Waals surface area contributed by atoms with Crippen LogP contribution in [0.2, 0.25) is 0 Å². The first-order valence-electron chi connectivity index (χ1n) is 9.12. The van der Waals surface area contributed by atoms with Crippen LogP contribution in [0.3, 0.4) is 0 Å². The van der Waals surface area contributed by atoms with Gasteiger partial charge in [0, 0.05) is 19.3 Å². The fourth-order valence-corrected chi connectivity index (χ4v) is 2.52. The molecular formula is C20H30O5. The molecule has 0 saturated carbocycles. The molecule has 5 nitrogen and oxygen atoms in total. The number of hydrogen-bond acceptors (Lipinski definition) is 5. The molecule has 1 aromatic rings. The topological polar surface area (TPSA) is 46.2 Å². The maximum absolute atomic E-state index is 5.72. The van der Waals surface area contributed by atoms with Gasteiger partial charge >= 0.3 is 0 Å². The minimum Gasteiger partial charge on any atom is -0.493 e. The monoisotopic (exact) mass is 350 g/mol. The van der Waals surface area contributed by atoms with E-state index >= 15 is 0 Å². The van der Waals surface area contributed by atoms with E-state index in [2.05, 4.69) is 13.5 Å². The lowest BCUT2D eigenvalue weighted by atomic mass is 10.2. The maximum Gasteiger partial charge on any atom is 0.231 e. The van der Waals surface area contributed by atoms with Gasteiger partial charge in [-0.1, -0.05) is 6.08 Å². The first-order valence-corrected chi connectivity index (χ1v) is 9.12. The second-order valence-corrected chi connectivity index (χ2v) is 6.11. The van der Waals surface area contributed by atoms with Crippen LogP contribution in [0.25, 0.3) is 0 Å². The zero-order valence-corrected chi connectivity index (χ0v) is 15.2. The van der Waals surface area contributed by atoms with Gasteiger partial charge in [0.25, 0.3) is 0 Å². The highest BCUT2D eigenvalue weighted by Crippen LogP contribution is 2.35. The first-order chi connectivity index (χ1) is 12.3. The van der Waals surface area contributed by atoms with E-state index in [0.717, 1.165) is 62.6 Å². The first kappa shape index (κ1) is 19.6. The van der Waals surface area contributed by atoms with Crippen molar-refractivity contribution in [3.05, 3.63) is 30.9 Å². The van der Waals surface area contributed by atoms with Crippen LogP contribution in [-0.2, 0) is 9.47 Å². The molecule has 5 heteroatoms. The summed E-state index contributed by atoms with van der Waals surface area (Å²) in [6, 6.07) is 5.66. The van der Waals surface area contributed by atoms with Crippen LogP contribution in [0.15, 0.2) is 30.9 Å². The van der Waals surface area contributed by atoms with Gasteiger partial charge in [0.15, 0.2) is 11.5 Å². The summed E-state index contributed by atoms with van der Waals surface area (Å²) in [5.41, 5.74) is 0. The fourth-order valence-electron chi connectivity index (χ4n) is 2.52. The molecule has 1 aromatic carbocycles. The van der Waals surface area contributed by atoms with E-state index in [0.29, 0.717) is 19.3 Å². The normalized spacial score (nSPS) is 13.6. The Kier molecular flexibility index (Phi) is 9.23. The van der Waals surface area contributed by atoms with Crippen molar-refractivity contribution in [3.63, 3.8) is 0 Å².